The minimum atomic E-state index is -5.19. The molecule has 0 aliphatic heterocycles. The lowest BCUT2D eigenvalue weighted by atomic mass is 10.1. The second-order valence-electron chi connectivity index (χ2n) is 10.6. The molecule has 12 heteroatoms. The summed E-state index contributed by atoms with van der Waals surface area (Å²) in [6.07, 6.45) is -15.1. The van der Waals surface area contributed by atoms with Crippen molar-refractivity contribution in [2.75, 3.05) is 0 Å². The van der Waals surface area contributed by atoms with E-state index in [9.17, 15) is 44.8 Å². The number of benzene rings is 5. The zero-order valence-electron chi connectivity index (χ0n) is 23.0. The van der Waals surface area contributed by atoms with Gasteiger partial charge in [0.05, 0.1) is 55.7 Å². The molecule has 230 valence electrons. The van der Waals surface area contributed by atoms with Crippen molar-refractivity contribution in [2.24, 2.45) is 0 Å². The molecule has 0 unspecified atom stereocenters. The number of hydrogen-bond donors (Lipinski definition) is 0. The first-order valence-corrected chi connectivity index (χ1v) is 13.6. The molecule has 0 amide bonds. The average molecular weight is 638 g/mol. The summed E-state index contributed by atoms with van der Waals surface area (Å²) in [5, 5.41) is 11.5. The molecule has 0 radical (unpaired) electrons. The molecule has 0 saturated carbocycles. The van der Waals surface area contributed by atoms with E-state index in [0.29, 0.717) is 27.7 Å². The van der Waals surface area contributed by atoms with E-state index < -0.39 is 46.6 Å². The van der Waals surface area contributed by atoms with Crippen LogP contribution in [0, 0.1) is 11.3 Å². The van der Waals surface area contributed by atoms with Crippen LogP contribution in [-0.4, -0.2) is 9.13 Å². The fourth-order valence-corrected chi connectivity index (χ4v) is 6.24. The van der Waals surface area contributed by atoms with E-state index in [2.05, 4.69) is 0 Å². The molecule has 0 fully saturated rings. The predicted octanol–water partition coefficient (Wildman–Crippen LogP) is 10.8. The lowest BCUT2D eigenvalue weighted by Gasteiger charge is -2.18. The molecular formula is C34H16F9N3. The van der Waals surface area contributed by atoms with Crippen LogP contribution in [0.1, 0.15) is 22.3 Å². The summed E-state index contributed by atoms with van der Waals surface area (Å²) in [5.74, 6) is 0. The Labute approximate surface area is 252 Å². The van der Waals surface area contributed by atoms with Gasteiger partial charge in [-0.25, -0.2) is 0 Å². The van der Waals surface area contributed by atoms with Crippen molar-refractivity contribution >= 4 is 43.6 Å². The molecule has 2 aromatic heterocycles. The summed E-state index contributed by atoms with van der Waals surface area (Å²) in [7, 11) is 0. The molecule has 0 aliphatic rings. The van der Waals surface area contributed by atoms with Gasteiger partial charge >= 0.3 is 18.5 Å². The Bertz CT molecular complexity index is 2400. The molecule has 0 N–H and O–H groups in total. The summed E-state index contributed by atoms with van der Waals surface area (Å²) in [6, 6.07) is 22.2. The van der Waals surface area contributed by atoms with Crippen LogP contribution in [0.5, 0.6) is 0 Å². The summed E-state index contributed by atoms with van der Waals surface area (Å²) in [5.41, 5.74) is -4.71. The van der Waals surface area contributed by atoms with Crippen LogP contribution in [0.25, 0.3) is 55.0 Å². The van der Waals surface area contributed by atoms with Crippen LogP contribution in [-0.2, 0) is 18.5 Å². The second-order valence-corrected chi connectivity index (χ2v) is 10.6. The molecule has 5 aromatic carbocycles. The van der Waals surface area contributed by atoms with E-state index in [-0.39, 0.29) is 33.6 Å². The van der Waals surface area contributed by atoms with Gasteiger partial charge < -0.3 is 9.13 Å². The van der Waals surface area contributed by atoms with Crippen molar-refractivity contribution in [3.63, 3.8) is 0 Å². The van der Waals surface area contributed by atoms with Gasteiger partial charge in [-0.1, -0.05) is 48.5 Å². The maximum absolute atomic E-state index is 14.5. The van der Waals surface area contributed by atoms with Gasteiger partial charge in [-0.05, 0) is 48.5 Å². The van der Waals surface area contributed by atoms with Crippen LogP contribution in [0.15, 0.2) is 97.1 Å². The molecule has 0 spiro atoms. The Morgan fingerprint density at radius 2 is 1.15 bits per heavy atom. The minimum absolute atomic E-state index is 0.0459. The van der Waals surface area contributed by atoms with E-state index in [1.165, 1.54) is 28.8 Å². The topological polar surface area (TPSA) is 33.6 Å². The van der Waals surface area contributed by atoms with E-state index in [4.69, 9.17) is 0 Å². The molecule has 0 bridgehead atoms. The molecule has 2 heterocycles. The van der Waals surface area contributed by atoms with Gasteiger partial charge in [0, 0.05) is 21.5 Å². The molecular weight excluding hydrogens is 621 g/mol. The van der Waals surface area contributed by atoms with Crippen molar-refractivity contribution in [1.82, 2.24) is 9.13 Å². The second kappa shape index (κ2) is 9.78. The molecule has 0 atom stereocenters. The Morgan fingerprint density at radius 3 is 1.78 bits per heavy atom. The zero-order valence-corrected chi connectivity index (χ0v) is 23.0. The highest BCUT2D eigenvalue weighted by Gasteiger charge is 2.40. The Hall–Kier alpha value is -5.44. The highest BCUT2D eigenvalue weighted by molar-refractivity contribution is 6.26. The standard InChI is InChI=1S/C34H16F9N3/c35-32(36,37)19-12-14-27(24(16-19)34(41,42)43)45-26-11-4-2-8-22(26)29-28(45)15-13-21-20-7-1-3-10-25(20)46(31(21)29)30-18(17-44)6-5-9-23(30)33(38,39)40/h1-16H. The van der Waals surface area contributed by atoms with E-state index in [1.807, 2.05) is 6.07 Å². The minimum Gasteiger partial charge on any atom is -0.309 e. The van der Waals surface area contributed by atoms with Crippen LogP contribution in [0.3, 0.4) is 0 Å². The maximum atomic E-state index is 14.5. The number of nitriles is 1. The van der Waals surface area contributed by atoms with Crippen molar-refractivity contribution in [3.05, 3.63) is 119 Å². The lowest BCUT2D eigenvalue weighted by Crippen LogP contribution is -2.14. The van der Waals surface area contributed by atoms with Gasteiger partial charge in [0.25, 0.3) is 0 Å². The Balaban J connectivity index is 1.72. The molecule has 46 heavy (non-hydrogen) atoms. The van der Waals surface area contributed by atoms with Gasteiger partial charge in [-0.3, -0.25) is 0 Å². The zero-order chi connectivity index (χ0) is 32.8. The van der Waals surface area contributed by atoms with Crippen LogP contribution < -0.4 is 0 Å². The summed E-state index contributed by atoms with van der Waals surface area (Å²) in [6.45, 7) is 0. The van der Waals surface area contributed by atoms with E-state index in [1.54, 1.807) is 42.5 Å². The summed E-state index contributed by atoms with van der Waals surface area (Å²) >= 11 is 0. The number of alkyl halides is 9. The average Bonchev–Trinajstić information content (AvgIpc) is 3.51. The van der Waals surface area contributed by atoms with E-state index in [0.717, 1.165) is 22.8 Å². The fraction of sp³-hybridized carbons (Fsp3) is 0.0882. The quantitative estimate of drug-likeness (QED) is 0.174. The van der Waals surface area contributed by atoms with Crippen molar-refractivity contribution in [3.8, 4) is 17.4 Å². The highest BCUT2D eigenvalue weighted by Crippen LogP contribution is 2.46. The van der Waals surface area contributed by atoms with Gasteiger partial charge in [0.15, 0.2) is 0 Å². The first kappa shape index (κ1) is 29.3. The molecule has 0 saturated heterocycles. The van der Waals surface area contributed by atoms with Crippen molar-refractivity contribution in [1.29, 1.82) is 5.26 Å². The smallest absolute Gasteiger partial charge is 0.309 e. The lowest BCUT2D eigenvalue weighted by molar-refractivity contribution is -0.143. The van der Waals surface area contributed by atoms with Crippen molar-refractivity contribution < 1.29 is 39.5 Å². The Kier molecular flexibility index (Phi) is 6.22. The van der Waals surface area contributed by atoms with Crippen LogP contribution >= 0.6 is 0 Å². The fourth-order valence-electron chi connectivity index (χ4n) is 6.24. The Morgan fingerprint density at radius 1 is 0.522 bits per heavy atom. The van der Waals surface area contributed by atoms with Gasteiger partial charge in [-0.2, -0.15) is 44.8 Å². The number of halogens is 9. The molecule has 7 aromatic rings. The third-order valence-corrected chi connectivity index (χ3v) is 8.03. The van der Waals surface area contributed by atoms with Crippen molar-refractivity contribution in [2.45, 2.75) is 18.5 Å². The maximum Gasteiger partial charge on any atom is 0.418 e. The van der Waals surface area contributed by atoms with Crippen LogP contribution in [0.4, 0.5) is 39.5 Å². The third-order valence-electron chi connectivity index (χ3n) is 8.03. The molecule has 0 aliphatic carbocycles. The summed E-state index contributed by atoms with van der Waals surface area (Å²) in [4.78, 5) is 0. The predicted molar refractivity (Wildman–Crippen MR) is 155 cm³/mol. The number of fused-ring (bicyclic) bond motifs is 7. The number of para-hydroxylation sites is 3. The molecule has 3 nitrogen and oxygen atoms in total. The third kappa shape index (κ3) is 4.29. The van der Waals surface area contributed by atoms with E-state index >= 15 is 0 Å². The first-order valence-electron chi connectivity index (χ1n) is 13.6. The van der Waals surface area contributed by atoms with Gasteiger partial charge in [0.1, 0.15) is 6.07 Å². The number of rotatable bonds is 2. The largest absolute Gasteiger partial charge is 0.418 e. The summed E-state index contributed by atoms with van der Waals surface area (Å²) < 4.78 is 130. The number of nitrogens with zero attached hydrogens (tertiary/aromatic N) is 3. The van der Waals surface area contributed by atoms with Crippen LogP contribution in [0.2, 0.25) is 0 Å². The monoisotopic (exact) mass is 637 g/mol. The SMILES string of the molecule is N#Cc1cccc(C(F)(F)F)c1-n1c2ccccc2c2ccc3c(c4ccccc4n3-c3ccc(C(F)(F)F)cc3C(F)(F)F)c21. The molecule has 7 rings (SSSR count). The number of aromatic nitrogens is 2. The highest BCUT2D eigenvalue weighted by atomic mass is 19.4. The van der Waals surface area contributed by atoms with Gasteiger partial charge in [0.2, 0.25) is 0 Å². The van der Waals surface area contributed by atoms with Gasteiger partial charge in [-0.15, -0.1) is 0 Å². The normalized spacial score (nSPS) is 12.9. The first-order chi connectivity index (χ1) is 21.7. The number of hydrogen-bond acceptors (Lipinski definition) is 1.